The van der Waals surface area contributed by atoms with Gasteiger partial charge in [-0.05, 0) is 50.7 Å². The van der Waals surface area contributed by atoms with Gasteiger partial charge in [0, 0.05) is 38.5 Å². The van der Waals surface area contributed by atoms with Crippen molar-refractivity contribution in [2.75, 3.05) is 13.2 Å². The highest BCUT2D eigenvalue weighted by molar-refractivity contribution is 5.90. The quantitative estimate of drug-likeness (QED) is 0.126. The van der Waals surface area contributed by atoms with E-state index in [-0.39, 0.29) is 63.1 Å². The van der Waals surface area contributed by atoms with Gasteiger partial charge in [-0.15, -0.1) is 0 Å². The monoisotopic (exact) mass is 840 g/mol. The van der Waals surface area contributed by atoms with Gasteiger partial charge in [0.25, 0.3) is 0 Å². The molecule has 18 nitrogen and oxygen atoms in total. The first-order valence-corrected chi connectivity index (χ1v) is 20.3. The van der Waals surface area contributed by atoms with Gasteiger partial charge in [0.1, 0.15) is 11.3 Å². The highest BCUT2D eigenvalue weighted by Gasteiger charge is 2.49. The van der Waals surface area contributed by atoms with Crippen molar-refractivity contribution in [2.45, 2.75) is 168 Å². The molecule has 2 saturated heterocycles. The zero-order chi connectivity index (χ0) is 43.9. The second kappa shape index (κ2) is 27.0. The third kappa shape index (κ3) is 17.1. The first kappa shape index (κ1) is 50.3. The number of para-hydroxylation sites is 1. The van der Waals surface area contributed by atoms with Crippen molar-refractivity contribution in [1.82, 2.24) is 0 Å². The van der Waals surface area contributed by atoms with Crippen LogP contribution in [0.25, 0.3) is 0 Å². The summed E-state index contributed by atoms with van der Waals surface area (Å²) in [5.74, 6) is -4.44. The predicted octanol–water partition coefficient (Wildman–Crippen LogP) is 4.73. The number of carboxylic acids is 1. The Labute approximate surface area is 344 Å². The van der Waals surface area contributed by atoms with Crippen LogP contribution in [0.2, 0.25) is 0 Å². The molecule has 332 valence electrons. The van der Waals surface area contributed by atoms with Gasteiger partial charge in [0.05, 0.1) is 13.2 Å². The molecule has 3 rings (SSSR count). The standard InChI is InChI=1S/C24H32O10.C17H28O8/c1-4-9-18(25)31-17-14-30-24(32-16-13-8-7-12-15(16)23(28)29)22(34-20(27)11-6-3)21(17)33-19(26)10-5-2;1-4-7-12(18)23-11-10-22-17(21)16(25-14(20)9-6-3)15(11)24-13(19)8-5-2/h7-8,12-13,17,21-22,24H,4-6,9-11,14H2,1-3H3,(H,28,29);11,15-17,21H,4-10H2,1-3H3/t17-,21-,22-,24?;11-,15-,16-,17?/m11/s1. The summed E-state index contributed by atoms with van der Waals surface area (Å²) in [5, 5.41) is 19.5. The number of benzene rings is 1. The van der Waals surface area contributed by atoms with Crippen LogP contribution in [0.4, 0.5) is 0 Å². The number of rotatable bonds is 21. The molecule has 18 heteroatoms. The number of esters is 6. The molecule has 1 aromatic carbocycles. The molecule has 0 radical (unpaired) electrons. The third-order valence-electron chi connectivity index (χ3n) is 8.51. The minimum Gasteiger partial charge on any atom is -0.478 e. The van der Waals surface area contributed by atoms with Crippen molar-refractivity contribution >= 4 is 41.8 Å². The number of ether oxygens (including phenoxy) is 9. The molecular formula is C41H60O18. The highest BCUT2D eigenvalue weighted by atomic mass is 16.7. The molecule has 0 spiro atoms. The number of carbonyl (C=O) groups excluding carboxylic acids is 6. The van der Waals surface area contributed by atoms with Gasteiger partial charge in [0.2, 0.25) is 12.4 Å². The summed E-state index contributed by atoms with van der Waals surface area (Å²) >= 11 is 0. The van der Waals surface area contributed by atoms with Gasteiger partial charge >= 0.3 is 41.8 Å². The van der Waals surface area contributed by atoms with Crippen molar-refractivity contribution in [3.8, 4) is 5.75 Å². The average molecular weight is 841 g/mol. The normalized spacial score (nSPS) is 23.6. The highest BCUT2D eigenvalue weighted by Crippen LogP contribution is 2.30. The lowest BCUT2D eigenvalue weighted by molar-refractivity contribution is -0.268. The maximum Gasteiger partial charge on any atom is 0.339 e. The number of aliphatic hydroxyl groups is 1. The Morgan fingerprint density at radius 1 is 0.525 bits per heavy atom. The Kier molecular flexibility index (Phi) is 23.1. The number of hydrogen-bond acceptors (Lipinski definition) is 17. The second-order valence-corrected chi connectivity index (χ2v) is 13.7. The van der Waals surface area contributed by atoms with E-state index in [4.69, 9.17) is 42.6 Å². The van der Waals surface area contributed by atoms with Gasteiger partial charge in [-0.3, -0.25) is 28.8 Å². The molecule has 59 heavy (non-hydrogen) atoms. The van der Waals surface area contributed by atoms with Gasteiger partial charge < -0.3 is 52.8 Å². The van der Waals surface area contributed by atoms with E-state index >= 15 is 0 Å². The Bertz CT molecular complexity index is 1510. The SMILES string of the molecule is CCCC(=O)O[C@@H]1[C@H](OC(=O)CCC)COC(O)[C@@H]1OC(=O)CCC.CCCC(=O)O[C@@H]1[C@H](OC(=O)CCC)COC(Oc2ccccc2C(=O)O)[C@@H]1OC(=O)CCC. The summed E-state index contributed by atoms with van der Waals surface area (Å²) in [7, 11) is 0. The summed E-state index contributed by atoms with van der Waals surface area (Å²) in [4.78, 5) is 84.0. The van der Waals surface area contributed by atoms with Crippen molar-refractivity contribution in [1.29, 1.82) is 0 Å². The average Bonchev–Trinajstić information content (AvgIpc) is 3.17. The van der Waals surface area contributed by atoms with Crippen LogP contribution >= 0.6 is 0 Å². The molecule has 2 aliphatic rings. The Morgan fingerprint density at radius 3 is 1.31 bits per heavy atom. The largest absolute Gasteiger partial charge is 0.478 e. The van der Waals surface area contributed by atoms with Crippen LogP contribution in [0.15, 0.2) is 24.3 Å². The minimum atomic E-state index is -1.46. The van der Waals surface area contributed by atoms with Gasteiger partial charge in [-0.25, -0.2) is 4.79 Å². The van der Waals surface area contributed by atoms with E-state index in [1.54, 1.807) is 19.9 Å². The number of aromatic carboxylic acids is 1. The molecule has 2 N–H and O–H groups in total. The van der Waals surface area contributed by atoms with Gasteiger partial charge in [-0.1, -0.05) is 53.7 Å². The second-order valence-electron chi connectivity index (χ2n) is 13.7. The maximum absolute atomic E-state index is 12.4. The molecule has 0 bridgehead atoms. The van der Waals surface area contributed by atoms with E-state index in [1.165, 1.54) is 18.2 Å². The lowest BCUT2D eigenvalue weighted by Crippen LogP contribution is -2.59. The fraction of sp³-hybridized carbons (Fsp3) is 0.683. The molecule has 0 saturated carbocycles. The summed E-state index contributed by atoms with van der Waals surface area (Å²) in [6.45, 7) is 10.5. The molecule has 2 unspecified atom stereocenters. The summed E-state index contributed by atoms with van der Waals surface area (Å²) in [6, 6.07) is 5.90. The van der Waals surface area contributed by atoms with Crippen LogP contribution in [-0.2, 0) is 66.7 Å². The van der Waals surface area contributed by atoms with Crippen LogP contribution < -0.4 is 4.74 Å². The van der Waals surface area contributed by atoms with E-state index in [2.05, 4.69) is 0 Å². The molecule has 2 heterocycles. The first-order chi connectivity index (χ1) is 28.2. The van der Waals surface area contributed by atoms with Gasteiger partial charge in [-0.2, -0.15) is 0 Å². The zero-order valence-electron chi connectivity index (χ0n) is 34.8. The smallest absolute Gasteiger partial charge is 0.339 e. The van der Waals surface area contributed by atoms with E-state index in [1.807, 2.05) is 27.7 Å². The van der Waals surface area contributed by atoms with Gasteiger partial charge in [0.15, 0.2) is 36.8 Å². The molecule has 2 aliphatic heterocycles. The molecular weight excluding hydrogens is 780 g/mol. The molecule has 1 aromatic rings. The Morgan fingerprint density at radius 2 is 0.881 bits per heavy atom. The Hall–Kier alpha value is -4.81. The van der Waals surface area contributed by atoms with Crippen LogP contribution in [0, 0.1) is 0 Å². The topological polar surface area (TPSA) is 243 Å². The lowest BCUT2D eigenvalue weighted by Gasteiger charge is -2.40. The summed E-state index contributed by atoms with van der Waals surface area (Å²) in [6.07, 6.45) is -5.38. The minimum absolute atomic E-state index is 0.0170. The zero-order valence-corrected chi connectivity index (χ0v) is 34.8. The van der Waals surface area contributed by atoms with E-state index < -0.39 is 91.0 Å². The van der Waals surface area contributed by atoms with Crippen LogP contribution in [-0.4, -0.2) is 114 Å². The summed E-state index contributed by atoms with van der Waals surface area (Å²) in [5.41, 5.74) is -0.124. The molecule has 0 aliphatic carbocycles. The molecule has 0 amide bonds. The third-order valence-corrected chi connectivity index (χ3v) is 8.51. The molecule has 0 aromatic heterocycles. The lowest BCUT2D eigenvalue weighted by atomic mass is 10.0. The first-order valence-electron chi connectivity index (χ1n) is 20.3. The maximum atomic E-state index is 12.4. The fourth-order valence-corrected chi connectivity index (χ4v) is 5.73. The van der Waals surface area contributed by atoms with E-state index in [0.717, 1.165) is 0 Å². The van der Waals surface area contributed by atoms with E-state index in [0.29, 0.717) is 38.5 Å². The molecule has 2 fully saturated rings. The van der Waals surface area contributed by atoms with Crippen molar-refractivity contribution in [3.05, 3.63) is 29.8 Å². The van der Waals surface area contributed by atoms with Crippen molar-refractivity contribution in [2.24, 2.45) is 0 Å². The number of hydrogen-bond donors (Lipinski definition) is 2. The van der Waals surface area contributed by atoms with Crippen molar-refractivity contribution < 1.29 is 86.4 Å². The van der Waals surface area contributed by atoms with E-state index in [9.17, 15) is 43.8 Å². The predicted molar refractivity (Wildman–Crippen MR) is 204 cm³/mol. The number of aliphatic hydroxyl groups excluding tert-OH is 1. The van der Waals surface area contributed by atoms with Crippen molar-refractivity contribution in [3.63, 3.8) is 0 Å². The van der Waals surface area contributed by atoms with Crippen LogP contribution in [0.1, 0.15) is 129 Å². The summed E-state index contributed by atoms with van der Waals surface area (Å²) < 4.78 is 49.2. The van der Waals surface area contributed by atoms with Crippen LogP contribution in [0.3, 0.4) is 0 Å². The number of carboxylic acid groups (broad SMARTS) is 1. The fourth-order valence-electron chi connectivity index (χ4n) is 5.73. The molecule has 8 atom stereocenters. The van der Waals surface area contributed by atoms with Crippen LogP contribution in [0.5, 0.6) is 5.75 Å². The Balaban J connectivity index is 0.000000427. The number of carbonyl (C=O) groups is 7.